The normalized spacial score (nSPS) is 19.3. The molecule has 2 nitrogen and oxygen atoms in total. The van der Waals surface area contributed by atoms with E-state index in [1.54, 1.807) is 11.3 Å². The average Bonchev–Trinajstić information content (AvgIpc) is 3.01. The van der Waals surface area contributed by atoms with Gasteiger partial charge in [-0.1, -0.05) is 12.1 Å². The molecule has 94 valence electrons. The van der Waals surface area contributed by atoms with Crippen LogP contribution in [0.3, 0.4) is 0 Å². The van der Waals surface area contributed by atoms with Gasteiger partial charge in [0, 0.05) is 10.9 Å². The van der Waals surface area contributed by atoms with Gasteiger partial charge in [-0.25, -0.2) is 4.98 Å². The lowest BCUT2D eigenvalue weighted by Gasteiger charge is -2.05. The molecule has 1 fully saturated rings. The molecule has 1 aromatic carbocycles. The van der Waals surface area contributed by atoms with Crippen molar-refractivity contribution < 1.29 is 0 Å². The Morgan fingerprint density at radius 3 is 2.89 bits per heavy atom. The summed E-state index contributed by atoms with van der Waals surface area (Å²) < 4.78 is 0. The van der Waals surface area contributed by atoms with E-state index in [2.05, 4.69) is 42.7 Å². The summed E-state index contributed by atoms with van der Waals surface area (Å²) in [6, 6.07) is 7.06. The minimum Gasteiger partial charge on any atom is -0.309 e. The molecule has 3 heteroatoms. The van der Waals surface area contributed by atoms with Gasteiger partial charge in [0.25, 0.3) is 0 Å². The zero-order valence-corrected chi connectivity index (χ0v) is 11.7. The second-order valence-corrected chi connectivity index (χ2v) is 5.88. The van der Waals surface area contributed by atoms with Gasteiger partial charge >= 0.3 is 0 Å². The first kappa shape index (κ1) is 11.9. The smallest absolute Gasteiger partial charge is 0.123 e. The van der Waals surface area contributed by atoms with Crippen LogP contribution in [0.15, 0.2) is 23.6 Å². The highest BCUT2D eigenvalue weighted by Gasteiger charge is 2.19. The van der Waals surface area contributed by atoms with Gasteiger partial charge < -0.3 is 5.32 Å². The maximum absolute atomic E-state index is 4.79. The summed E-state index contributed by atoms with van der Waals surface area (Å²) >= 11 is 1.75. The molecule has 0 bridgehead atoms. The highest BCUT2D eigenvalue weighted by atomic mass is 32.1. The fourth-order valence-corrected chi connectivity index (χ4v) is 3.26. The van der Waals surface area contributed by atoms with Crippen LogP contribution in [0.25, 0.3) is 10.6 Å². The van der Waals surface area contributed by atoms with Gasteiger partial charge in [0.15, 0.2) is 0 Å². The first-order valence-corrected chi connectivity index (χ1v) is 7.38. The summed E-state index contributed by atoms with van der Waals surface area (Å²) in [6.07, 6.45) is 2.48. The van der Waals surface area contributed by atoms with E-state index in [0.29, 0.717) is 6.04 Å². The summed E-state index contributed by atoms with van der Waals surface area (Å²) in [5.41, 5.74) is 5.13. The molecule has 2 heterocycles. The monoisotopic (exact) mass is 258 g/mol. The quantitative estimate of drug-likeness (QED) is 0.885. The number of aromatic nitrogens is 1. The van der Waals surface area contributed by atoms with Crippen LogP contribution >= 0.6 is 11.3 Å². The molecule has 3 rings (SSSR count). The number of benzene rings is 1. The number of hydrogen-bond acceptors (Lipinski definition) is 3. The van der Waals surface area contributed by atoms with Crippen LogP contribution < -0.4 is 5.32 Å². The summed E-state index contributed by atoms with van der Waals surface area (Å²) in [5, 5.41) is 6.84. The lowest BCUT2D eigenvalue weighted by molar-refractivity contribution is 0.632. The van der Waals surface area contributed by atoms with E-state index in [0.717, 1.165) is 11.6 Å². The molecule has 1 N–H and O–H groups in total. The summed E-state index contributed by atoms with van der Waals surface area (Å²) in [5.74, 6) is 0. The van der Waals surface area contributed by atoms with Crippen molar-refractivity contribution in [2.45, 2.75) is 32.7 Å². The molecule has 0 spiro atoms. The van der Waals surface area contributed by atoms with Crippen molar-refractivity contribution in [1.29, 1.82) is 0 Å². The number of thiazole rings is 1. The molecule has 1 aliphatic rings. The number of rotatable bonds is 2. The zero-order chi connectivity index (χ0) is 12.5. The van der Waals surface area contributed by atoms with Gasteiger partial charge in [-0.2, -0.15) is 0 Å². The Labute approximate surface area is 112 Å². The maximum atomic E-state index is 4.79. The number of hydrogen-bond donors (Lipinski definition) is 1. The predicted octanol–water partition coefficient (Wildman–Crippen LogP) is 3.85. The first-order valence-electron chi connectivity index (χ1n) is 6.50. The molecule has 1 atom stereocenters. The third-order valence-electron chi connectivity index (χ3n) is 3.69. The van der Waals surface area contributed by atoms with Crippen molar-refractivity contribution in [3.63, 3.8) is 0 Å². The van der Waals surface area contributed by atoms with E-state index in [9.17, 15) is 0 Å². The molecule has 2 aromatic rings. The SMILES string of the molecule is Cc1ccc(-c2nc(C3CCCN3)cs2)cc1C. The average molecular weight is 258 g/mol. The van der Waals surface area contributed by atoms with Crippen LogP contribution in [0.5, 0.6) is 0 Å². The largest absolute Gasteiger partial charge is 0.309 e. The van der Waals surface area contributed by atoms with Gasteiger partial charge in [0.2, 0.25) is 0 Å². The van der Waals surface area contributed by atoms with E-state index in [-0.39, 0.29) is 0 Å². The van der Waals surface area contributed by atoms with Gasteiger partial charge in [0.1, 0.15) is 5.01 Å². The van der Waals surface area contributed by atoms with E-state index >= 15 is 0 Å². The summed E-state index contributed by atoms with van der Waals surface area (Å²) in [4.78, 5) is 4.79. The molecule has 0 amide bonds. The van der Waals surface area contributed by atoms with Crippen molar-refractivity contribution in [3.8, 4) is 10.6 Å². The van der Waals surface area contributed by atoms with Crippen molar-refractivity contribution in [1.82, 2.24) is 10.3 Å². The van der Waals surface area contributed by atoms with Gasteiger partial charge in [-0.05, 0) is 50.4 Å². The third-order valence-corrected chi connectivity index (χ3v) is 4.60. The second kappa shape index (κ2) is 4.82. The van der Waals surface area contributed by atoms with Crippen molar-refractivity contribution in [2.24, 2.45) is 0 Å². The maximum Gasteiger partial charge on any atom is 0.123 e. The van der Waals surface area contributed by atoms with E-state index in [1.807, 2.05) is 0 Å². The molecular weight excluding hydrogens is 240 g/mol. The minimum absolute atomic E-state index is 0.474. The third kappa shape index (κ3) is 2.20. The van der Waals surface area contributed by atoms with Crippen LogP contribution in [-0.4, -0.2) is 11.5 Å². The van der Waals surface area contributed by atoms with Crippen LogP contribution in [-0.2, 0) is 0 Å². The van der Waals surface area contributed by atoms with Crippen LogP contribution in [0.1, 0.15) is 35.7 Å². The Bertz CT molecular complexity index is 553. The molecule has 1 unspecified atom stereocenters. The topological polar surface area (TPSA) is 24.9 Å². The number of nitrogens with zero attached hydrogens (tertiary/aromatic N) is 1. The Balaban J connectivity index is 1.89. The van der Waals surface area contributed by atoms with E-state index in [4.69, 9.17) is 4.98 Å². The first-order chi connectivity index (χ1) is 8.74. The van der Waals surface area contributed by atoms with Gasteiger partial charge in [-0.15, -0.1) is 11.3 Å². The molecular formula is C15H18N2S. The Morgan fingerprint density at radius 2 is 2.17 bits per heavy atom. The lowest BCUT2D eigenvalue weighted by atomic mass is 10.1. The standard InChI is InChI=1S/C15H18N2S/c1-10-5-6-12(8-11(10)2)15-17-14(9-18-15)13-4-3-7-16-13/h5-6,8-9,13,16H,3-4,7H2,1-2H3. The zero-order valence-electron chi connectivity index (χ0n) is 10.9. The minimum atomic E-state index is 0.474. The van der Waals surface area contributed by atoms with Crippen molar-refractivity contribution in [3.05, 3.63) is 40.4 Å². The summed E-state index contributed by atoms with van der Waals surface area (Å²) in [7, 11) is 0. The van der Waals surface area contributed by atoms with Crippen LogP contribution in [0.2, 0.25) is 0 Å². The molecule has 18 heavy (non-hydrogen) atoms. The van der Waals surface area contributed by atoms with Crippen LogP contribution in [0, 0.1) is 13.8 Å². The van der Waals surface area contributed by atoms with E-state index in [1.165, 1.54) is 35.2 Å². The number of aryl methyl sites for hydroxylation is 2. The highest BCUT2D eigenvalue weighted by molar-refractivity contribution is 7.13. The number of nitrogens with one attached hydrogen (secondary N) is 1. The second-order valence-electron chi connectivity index (χ2n) is 5.03. The van der Waals surface area contributed by atoms with Crippen molar-refractivity contribution in [2.75, 3.05) is 6.54 Å². The van der Waals surface area contributed by atoms with Crippen molar-refractivity contribution >= 4 is 11.3 Å². The van der Waals surface area contributed by atoms with Gasteiger partial charge in [0.05, 0.1) is 11.7 Å². The Morgan fingerprint density at radius 1 is 1.28 bits per heavy atom. The fourth-order valence-electron chi connectivity index (χ4n) is 2.39. The summed E-state index contributed by atoms with van der Waals surface area (Å²) in [6.45, 7) is 5.43. The molecule has 1 aromatic heterocycles. The van der Waals surface area contributed by atoms with Crippen LogP contribution in [0.4, 0.5) is 0 Å². The predicted molar refractivity (Wildman–Crippen MR) is 77.0 cm³/mol. The fraction of sp³-hybridized carbons (Fsp3) is 0.400. The lowest BCUT2D eigenvalue weighted by Crippen LogP contribution is -2.12. The van der Waals surface area contributed by atoms with Gasteiger partial charge in [-0.3, -0.25) is 0 Å². The molecule has 0 aliphatic carbocycles. The Hall–Kier alpha value is -1.19. The molecule has 1 saturated heterocycles. The molecule has 0 radical (unpaired) electrons. The molecule has 0 saturated carbocycles. The molecule has 1 aliphatic heterocycles. The van der Waals surface area contributed by atoms with E-state index < -0.39 is 0 Å². The highest BCUT2D eigenvalue weighted by Crippen LogP contribution is 2.30. The Kier molecular flexibility index (Phi) is 3.18.